The topological polar surface area (TPSA) is 44.8 Å². The molecule has 0 radical (unpaired) electrons. The second-order valence-corrected chi connectivity index (χ2v) is 6.83. The SMILES string of the molecule is CCC1NC2(CCCC2)C(=O)N1C(C)CN1CCOCC1. The first kappa shape index (κ1) is 15.3. The molecule has 1 aliphatic carbocycles. The van der Waals surface area contributed by atoms with Crippen molar-refractivity contribution in [1.29, 1.82) is 0 Å². The number of rotatable bonds is 4. The van der Waals surface area contributed by atoms with Crippen molar-refractivity contribution in [2.24, 2.45) is 0 Å². The van der Waals surface area contributed by atoms with Crippen LogP contribution < -0.4 is 5.32 Å². The first-order valence-electron chi connectivity index (χ1n) is 8.57. The van der Waals surface area contributed by atoms with Crippen LogP contribution in [0, 0.1) is 0 Å². The number of hydrogen-bond donors (Lipinski definition) is 1. The van der Waals surface area contributed by atoms with Gasteiger partial charge in [0.05, 0.1) is 24.9 Å². The molecule has 2 atom stereocenters. The molecule has 1 N–H and O–H groups in total. The number of nitrogens with zero attached hydrogens (tertiary/aromatic N) is 2. The summed E-state index contributed by atoms with van der Waals surface area (Å²) in [4.78, 5) is 17.6. The Hall–Kier alpha value is -0.650. The number of carbonyl (C=O) groups is 1. The highest BCUT2D eigenvalue weighted by Gasteiger charge is 2.52. The van der Waals surface area contributed by atoms with E-state index in [1.54, 1.807) is 0 Å². The first-order chi connectivity index (χ1) is 10.2. The van der Waals surface area contributed by atoms with E-state index in [2.05, 4.69) is 29.0 Å². The molecular formula is C16H29N3O2. The minimum absolute atomic E-state index is 0.214. The Bertz CT molecular complexity index is 376. The second kappa shape index (κ2) is 6.23. The maximum Gasteiger partial charge on any atom is 0.244 e. The maximum atomic E-state index is 13.0. The van der Waals surface area contributed by atoms with Gasteiger partial charge >= 0.3 is 0 Å². The molecule has 2 aliphatic heterocycles. The Morgan fingerprint density at radius 1 is 1.33 bits per heavy atom. The van der Waals surface area contributed by atoms with Crippen molar-refractivity contribution in [3.8, 4) is 0 Å². The summed E-state index contributed by atoms with van der Waals surface area (Å²) in [6.45, 7) is 8.95. The van der Waals surface area contributed by atoms with Crippen molar-refractivity contribution >= 4 is 5.91 Å². The van der Waals surface area contributed by atoms with Gasteiger partial charge in [0.1, 0.15) is 0 Å². The molecule has 120 valence electrons. The van der Waals surface area contributed by atoms with Gasteiger partial charge in [-0.2, -0.15) is 0 Å². The predicted octanol–water partition coefficient (Wildman–Crippen LogP) is 1.19. The lowest BCUT2D eigenvalue weighted by atomic mass is 9.97. The highest BCUT2D eigenvalue weighted by molar-refractivity contribution is 5.89. The monoisotopic (exact) mass is 295 g/mol. The zero-order chi connectivity index (χ0) is 14.9. The van der Waals surface area contributed by atoms with Crippen LogP contribution in [0.1, 0.15) is 46.0 Å². The Kier molecular flexibility index (Phi) is 4.52. The molecule has 3 aliphatic rings. The summed E-state index contributed by atoms with van der Waals surface area (Å²) in [5.74, 6) is 0.354. The minimum Gasteiger partial charge on any atom is -0.379 e. The third kappa shape index (κ3) is 2.83. The molecule has 3 rings (SSSR count). The summed E-state index contributed by atoms with van der Waals surface area (Å²) in [7, 11) is 0. The van der Waals surface area contributed by atoms with Crippen molar-refractivity contribution in [3.05, 3.63) is 0 Å². The number of hydrogen-bond acceptors (Lipinski definition) is 4. The van der Waals surface area contributed by atoms with Gasteiger partial charge in [0, 0.05) is 25.7 Å². The van der Waals surface area contributed by atoms with Crippen LogP contribution in [0.3, 0.4) is 0 Å². The molecule has 0 aromatic carbocycles. The molecule has 2 heterocycles. The Labute approximate surface area is 128 Å². The zero-order valence-corrected chi connectivity index (χ0v) is 13.4. The van der Waals surface area contributed by atoms with Crippen LogP contribution in [0.5, 0.6) is 0 Å². The fourth-order valence-electron chi connectivity index (χ4n) is 4.23. The van der Waals surface area contributed by atoms with Crippen LogP contribution in [-0.4, -0.2) is 66.3 Å². The summed E-state index contributed by atoms with van der Waals surface area (Å²) in [6, 6.07) is 0.271. The highest BCUT2D eigenvalue weighted by Crippen LogP contribution is 2.37. The molecule has 1 spiro atoms. The van der Waals surface area contributed by atoms with Crippen LogP contribution in [0.25, 0.3) is 0 Å². The molecule has 0 bridgehead atoms. The lowest BCUT2D eigenvalue weighted by molar-refractivity contribution is -0.135. The van der Waals surface area contributed by atoms with Crippen LogP contribution in [0.15, 0.2) is 0 Å². The Morgan fingerprint density at radius 2 is 2.00 bits per heavy atom. The van der Waals surface area contributed by atoms with E-state index in [9.17, 15) is 4.79 Å². The number of morpholine rings is 1. The van der Waals surface area contributed by atoms with Gasteiger partial charge in [-0.25, -0.2) is 0 Å². The molecule has 2 unspecified atom stereocenters. The van der Waals surface area contributed by atoms with Gasteiger partial charge in [-0.05, 0) is 26.2 Å². The summed E-state index contributed by atoms with van der Waals surface area (Å²) in [6.07, 6.45) is 5.60. The first-order valence-corrected chi connectivity index (χ1v) is 8.57. The van der Waals surface area contributed by atoms with E-state index in [4.69, 9.17) is 4.74 Å². The molecule has 5 heteroatoms. The molecular weight excluding hydrogens is 266 g/mol. The molecule has 5 nitrogen and oxygen atoms in total. The van der Waals surface area contributed by atoms with Crippen molar-refractivity contribution in [2.45, 2.75) is 63.7 Å². The molecule has 0 aromatic rings. The second-order valence-electron chi connectivity index (χ2n) is 6.83. The van der Waals surface area contributed by atoms with E-state index in [0.717, 1.165) is 52.1 Å². The maximum absolute atomic E-state index is 13.0. The highest BCUT2D eigenvalue weighted by atomic mass is 16.5. The standard InChI is InChI=1S/C16H29N3O2/c1-3-14-17-16(6-4-5-7-16)15(20)19(14)13(2)12-18-8-10-21-11-9-18/h13-14,17H,3-12H2,1-2H3. The predicted molar refractivity (Wildman–Crippen MR) is 82.0 cm³/mol. The van der Waals surface area contributed by atoms with E-state index in [1.807, 2.05) is 0 Å². The third-order valence-electron chi connectivity index (χ3n) is 5.37. The zero-order valence-electron chi connectivity index (χ0n) is 13.4. The third-order valence-corrected chi connectivity index (χ3v) is 5.37. The van der Waals surface area contributed by atoms with Gasteiger partial charge in [0.25, 0.3) is 0 Å². The summed E-state index contributed by atoms with van der Waals surface area (Å²) >= 11 is 0. The van der Waals surface area contributed by atoms with Gasteiger partial charge in [-0.1, -0.05) is 19.8 Å². The van der Waals surface area contributed by atoms with Gasteiger partial charge < -0.3 is 9.64 Å². The summed E-state index contributed by atoms with van der Waals surface area (Å²) < 4.78 is 5.41. The smallest absolute Gasteiger partial charge is 0.244 e. The molecule has 2 saturated heterocycles. The molecule has 3 fully saturated rings. The number of nitrogens with one attached hydrogen (secondary N) is 1. The van der Waals surface area contributed by atoms with Crippen molar-refractivity contribution in [2.75, 3.05) is 32.8 Å². The number of ether oxygens (including phenoxy) is 1. The van der Waals surface area contributed by atoms with Gasteiger partial charge in [0.2, 0.25) is 5.91 Å². The lowest BCUT2D eigenvalue weighted by Crippen LogP contribution is -2.50. The van der Waals surface area contributed by atoms with Crippen molar-refractivity contribution in [3.63, 3.8) is 0 Å². The van der Waals surface area contributed by atoms with E-state index in [1.165, 1.54) is 12.8 Å². The lowest BCUT2D eigenvalue weighted by Gasteiger charge is -2.35. The molecule has 1 saturated carbocycles. The van der Waals surface area contributed by atoms with E-state index >= 15 is 0 Å². The van der Waals surface area contributed by atoms with E-state index < -0.39 is 0 Å². The van der Waals surface area contributed by atoms with Crippen LogP contribution in [-0.2, 0) is 9.53 Å². The van der Waals surface area contributed by atoms with Gasteiger partial charge in [-0.3, -0.25) is 15.0 Å². The number of carbonyl (C=O) groups excluding carboxylic acids is 1. The van der Waals surface area contributed by atoms with E-state index in [0.29, 0.717) is 5.91 Å². The summed E-state index contributed by atoms with van der Waals surface area (Å²) in [5, 5.41) is 3.67. The van der Waals surface area contributed by atoms with E-state index in [-0.39, 0.29) is 17.7 Å². The molecule has 0 aromatic heterocycles. The Balaban J connectivity index is 1.68. The quantitative estimate of drug-likeness (QED) is 0.846. The Morgan fingerprint density at radius 3 is 2.62 bits per heavy atom. The van der Waals surface area contributed by atoms with Crippen molar-refractivity contribution in [1.82, 2.24) is 15.1 Å². The fraction of sp³-hybridized carbons (Fsp3) is 0.938. The van der Waals surface area contributed by atoms with Crippen molar-refractivity contribution < 1.29 is 9.53 Å². The minimum atomic E-state index is -0.236. The molecule has 1 amide bonds. The molecule has 21 heavy (non-hydrogen) atoms. The fourth-order valence-corrected chi connectivity index (χ4v) is 4.23. The summed E-state index contributed by atoms with van der Waals surface area (Å²) in [5.41, 5.74) is -0.236. The van der Waals surface area contributed by atoms with Gasteiger partial charge in [0.15, 0.2) is 0 Å². The number of amides is 1. The van der Waals surface area contributed by atoms with Crippen LogP contribution >= 0.6 is 0 Å². The van der Waals surface area contributed by atoms with Gasteiger partial charge in [-0.15, -0.1) is 0 Å². The average Bonchev–Trinajstić information content (AvgIpc) is 3.07. The van der Waals surface area contributed by atoms with Crippen LogP contribution in [0.2, 0.25) is 0 Å². The largest absolute Gasteiger partial charge is 0.379 e. The normalized spacial score (nSPS) is 31.2. The average molecular weight is 295 g/mol. The van der Waals surface area contributed by atoms with Crippen LogP contribution in [0.4, 0.5) is 0 Å².